The molecule has 1 aliphatic rings. The number of carbonyl (C=O) groups is 4. The summed E-state index contributed by atoms with van der Waals surface area (Å²) in [5.74, 6) is -1.15. The van der Waals surface area contributed by atoms with Gasteiger partial charge in [0.15, 0.2) is 0 Å². The van der Waals surface area contributed by atoms with E-state index < -0.39 is 35.6 Å². The van der Waals surface area contributed by atoms with Crippen molar-refractivity contribution in [3.05, 3.63) is 64.7 Å². The fourth-order valence-electron chi connectivity index (χ4n) is 4.30. The molecule has 1 saturated heterocycles. The van der Waals surface area contributed by atoms with E-state index in [0.717, 1.165) is 5.56 Å². The smallest absolute Gasteiger partial charge is 0.410 e. The van der Waals surface area contributed by atoms with Crippen LogP contribution in [0.25, 0.3) is 0 Å². The van der Waals surface area contributed by atoms with Gasteiger partial charge in [-0.15, -0.1) is 0 Å². The van der Waals surface area contributed by atoms with Gasteiger partial charge in [-0.2, -0.15) is 0 Å². The van der Waals surface area contributed by atoms with E-state index >= 15 is 0 Å². The van der Waals surface area contributed by atoms with Crippen molar-refractivity contribution in [2.45, 2.75) is 71.2 Å². The van der Waals surface area contributed by atoms with Crippen LogP contribution in [0.15, 0.2) is 48.5 Å². The first-order valence-electron chi connectivity index (χ1n) is 12.5. The Morgan fingerprint density at radius 2 is 1.79 bits per heavy atom. The topological polar surface area (TPSA) is 117 Å². The van der Waals surface area contributed by atoms with Gasteiger partial charge < -0.3 is 20.7 Å². The fraction of sp³-hybridized carbons (Fsp3) is 0.429. The Hall–Kier alpha value is -3.59. The third-order valence-electron chi connectivity index (χ3n) is 6.09. The lowest BCUT2D eigenvalue weighted by molar-refractivity contribution is -0.131. The molecule has 0 radical (unpaired) electrons. The van der Waals surface area contributed by atoms with E-state index in [4.69, 9.17) is 16.3 Å². The summed E-state index contributed by atoms with van der Waals surface area (Å²) in [5, 5.41) is 8.67. The first-order valence-corrected chi connectivity index (χ1v) is 12.9. The summed E-state index contributed by atoms with van der Waals surface area (Å²) in [4.78, 5) is 52.0. The van der Waals surface area contributed by atoms with Gasteiger partial charge in [-0.05, 0) is 63.4 Å². The molecule has 1 aliphatic heterocycles. The lowest BCUT2D eigenvalue weighted by Crippen LogP contribution is -2.52. The maximum absolute atomic E-state index is 13.3. The molecule has 0 spiro atoms. The van der Waals surface area contributed by atoms with Crippen LogP contribution in [0.3, 0.4) is 0 Å². The first kappa shape index (κ1) is 29.0. The number of ether oxygens (including phenoxy) is 1. The predicted octanol–water partition coefficient (Wildman–Crippen LogP) is 4.21. The Balaban J connectivity index is 1.68. The minimum absolute atomic E-state index is 0.0429. The molecule has 0 aliphatic carbocycles. The van der Waals surface area contributed by atoms with E-state index in [1.165, 1.54) is 11.8 Å². The van der Waals surface area contributed by atoms with Crippen LogP contribution >= 0.6 is 11.6 Å². The molecule has 0 unspecified atom stereocenters. The molecular weight excluding hydrogens is 508 g/mol. The lowest BCUT2D eigenvalue weighted by Gasteiger charge is -2.28. The SMILES string of the molecule is CC(=O)Nc1ccc(Cl)cc1CNC(=O)[C@H](C)NC(=O)[C@H]1C[C@H](c2ccccc2)CN1C(=O)OC(C)(C)C. The number of benzene rings is 2. The highest BCUT2D eigenvalue weighted by atomic mass is 35.5. The highest BCUT2D eigenvalue weighted by Crippen LogP contribution is 2.33. The first-order chi connectivity index (χ1) is 17.8. The van der Waals surface area contributed by atoms with Crippen molar-refractivity contribution in [3.63, 3.8) is 0 Å². The van der Waals surface area contributed by atoms with Gasteiger partial charge in [0.2, 0.25) is 17.7 Å². The van der Waals surface area contributed by atoms with Gasteiger partial charge in [-0.25, -0.2) is 4.79 Å². The Morgan fingerprint density at radius 1 is 1.11 bits per heavy atom. The molecule has 38 heavy (non-hydrogen) atoms. The van der Waals surface area contributed by atoms with Crippen LogP contribution in [0.1, 0.15) is 58.1 Å². The van der Waals surface area contributed by atoms with Crippen LogP contribution in [0.2, 0.25) is 5.02 Å². The Kier molecular flexibility index (Phi) is 9.38. The molecule has 3 N–H and O–H groups in total. The summed E-state index contributed by atoms with van der Waals surface area (Å²) in [7, 11) is 0. The number of hydrogen-bond acceptors (Lipinski definition) is 5. The average Bonchev–Trinajstić information content (AvgIpc) is 3.29. The van der Waals surface area contributed by atoms with Gasteiger partial charge in [0, 0.05) is 36.6 Å². The standard InChI is InChI=1S/C28H35ClN4O5/c1-17(25(35)30-15-20-13-22(29)11-12-23(20)32-18(2)34)31-26(36)24-14-21(19-9-7-6-8-10-19)16-33(24)27(37)38-28(3,4)5/h6-13,17,21,24H,14-16H2,1-5H3,(H,30,35)(H,31,36)(H,32,34)/t17-,21-,24+/m0/s1. The Morgan fingerprint density at radius 3 is 2.42 bits per heavy atom. The highest BCUT2D eigenvalue weighted by molar-refractivity contribution is 6.30. The zero-order valence-electron chi connectivity index (χ0n) is 22.3. The number of hydrogen-bond donors (Lipinski definition) is 3. The summed E-state index contributed by atoms with van der Waals surface area (Å²) >= 11 is 6.08. The normalized spacial score (nSPS) is 17.9. The quantitative estimate of drug-likeness (QED) is 0.484. The van der Waals surface area contributed by atoms with Gasteiger partial charge in [-0.3, -0.25) is 19.3 Å². The number of nitrogens with zero attached hydrogens (tertiary/aromatic N) is 1. The molecule has 0 saturated carbocycles. The van der Waals surface area contributed by atoms with Crippen molar-refractivity contribution in [3.8, 4) is 0 Å². The van der Waals surface area contributed by atoms with Crippen LogP contribution < -0.4 is 16.0 Å². The van der Waals surface area contributed by atoms with Crippen molar-refractivity contribution >= 4 is 41.1 Å². The van der Waals surface area contributed by atoms with Crippen LogP contribution in [0.5, 0.6) is 0 Å². The van der Waals surface area contributed by atoms with E-state index in [-0.39, 0.29) is 18.4 Å². The predicted molar refractivity (Wildman–Crippen MR) is 146 cm³/mol. The second kappa shape index (κ2) is 12.3. The molecule has 1 heterocycles. The average molecular weight is 543 g/mol. The molecule has 204 valence electrons. The van der Waals surface area contributed by atoms with E-state index in [9.17, 15) is 19.2 Å². The van der Waals surface area contributed by atoms with Crippen molar-refractivity contribution in [2.75, 3.05) is 11.9 Å². The fourth-order valence-corrected chi connectivity index (χ4v) is 4.50. The van der Waals surface area contributed by atoms with Crippen LogP contribution in [-0.2, 0) is 25.7 Å². The van der Waals surface area contributed by atoms with Gasteiger partial charge >= 0.3 is 6.09 Å². The molecule has 2 aromatic carbocycles. The third kappa shape index (κ3) is 7.95. The molecule has 10 heteroatoms. The molecule has 0 aromatic heterocycles. The maximum Gasteiger partial charge on any atom is 0.410 e. The van der Waals surface area contributed by atoms with Gasteiger partial charge in [0.05, 0.1) is 0 Å². The number of halogens is 1. The molecule has 0 bridgehead atoms. The largest absolute Gasteiger partial charge is 0.444 e. The summed E-state index contributed by atoms with van der Waals surface area (Å²) in [6, 6.07) is 13.0. The minimum atomic E-state index is -0.873. The zero-order chi connectivity index (χ0) is 28.0. The molecule has 4 amide bonds. The number of anilines is 1. The summed E-state index contributed by atoms with van der Waals surface area (Å²) < 4.78 is 5.56. The molecular formula is C28H35ClN4O5. The van der Waals surface area contributed by atoms with Crippen molar-refractivity contribution in [2.24, 2.45) is 0 Å². The Bertz CT molecular complexity index is 1180. The summed E-state index contributed by atoms with van der Waals surface area (Å²) in [6.07, 6.45) is -0.161. The zero-order valence-corrected chi connectivity index (χ0v) is 23.1. The number of nitrogens with one attached hydrogen (secondary N) is 3. The van der Waals surface area contributed by atoms with E-state index in [0.29, 0.717) is 29.2 Å². The molecule has 3 rings (SSSR count). The molecule has 1 fully saturated rings. The van der Waals surface area contributed by atoms with Crippen LogP contribution in [-0.4, -0.2) is 52.9 Å². The number of carbonyl (C=O) groups excluding carboxylic acids is 4. The Labute approximate surface area is 228 Å². The van der Waals surface area contributed by atoms with Gasteiger partial charge in [-0.1, -0.05) is 41.9 Å². The molecule has 9 nitrogen and oxygen atoms in total. The van der Waals surface area contributed by atoms with E-state index in [1.54, 1.807) is 45.9 Å². The third-order valence-corrected chi connectivity index (χ3v) is 6.32. The second-order valence-corrected chi connectivity index (χ2v) is 10.9. The van der Waals surface area contributed by atoms with Crippen LogP contribution in [0.4, 0.5) is 10.5 Å². The number of likely N-dealkylation sites (tertiary alicyclic amines) is 1. The van der Waals surface area contributed by atoms with E-state index in [2.05, 4.69) is 16.0 Å². The van der Waals surface area contributed by atoms with E-state index in [1.807, 2.05) is 30.3 Å². The molecule has 2 aromatic rings. The summed E-state index contributed by atoms with van der Waals surface area (Å²) in [6.45, 7) is 8.70. The lowest BCUT2D eigenvalue weighted by atomic mass is 9.96. The van der Waals surface area contributed by atoms with Gasteiger partial charge in [0.1, 0.15) is 17.7 Å². The second-order valence-electron chi connectivity index (χ2n) is 10.4. The van der Waals surface area contributed by atoms with Crippen molar-refractivity contribution < 1.29 is 23.9 Å². The van der Waals surface area contributed by atoms with Gasteiger partial charge in [0.25, 0.3) is 0 Å². The van der Waals surface area contributed by atoms with Crippen LogP contribution in [0, 0.1) is 0 Å². The number of rotatable bonds is 7. The molecule has 3 atom stereocenters. The monoisotopic (exact) mass is 542 g/mol. The minimum Gasteiger partial charge on any atom is -0.444 e. The van der Waals surface area contributed by atoms with Crippen molar-refractivity contribution in [1.29, 1.82) is 0 Å². The maximum atomic E-state index is 13.3. The number of amides is 4. The highest BCUT2D eigenvalue weighted by Gasteiger charge is 2.42. The van der Waals surface area contributed by atoms with Crippen molar-refractivity contribution in [1.82, 2.24) is 15.5 Å². The summed E-state index contributed by atoms with van der Waals surface area (Å²) in [5.41, 5.74) is 1.47.